The Morgan fingerprint density at radius 2 is 2.25 bits per heavy atom. The van der Waals surface area contributed by atoms with Gasteiger partial charge in [0.2, 0.25) is 0 Å². The average Bonchev–Trinajstić information content (AvgIpc) is 2.23. The molecule has 5 heteroatoms. The Kier molecular flexibility index (Phi) is 4.28. The Balaban J connectivity index is 2.94. The third-order valence-electron chi connectivity index (χ3n) is 2.26. The number of hydrogen-bond donors (Lipinski definition) is 2. The van der Waals surface area contributed by atoms with Crippen LogP contribution in [0.5, 0.6) is 0 Å². The van der Waals surface area contributed by atoms with Gasteiger partial charge in [0.05, 0.1) is 6.61 Å². The van der Waals surface area contributed by atoms with Gasteiger partial charge in [-0.3, -0.25) is 5.01 Å². The van der Waals surface area contributed by atoms with E-state index in [1.54, 1.807) is 7.11 Å². The molecule has 0 saturated carbocycles. The van der Waals surface area contributed by atoms with E-state index >= 15 is 0 Å². The number of benzene rings is 1. The molecule has 0 aliphatic carbocycles. The van der Waals surface area contributed by atoms with Gasteiger partial charge in [-0.2, -0.15) is 0 Å². The number of hydrazine groups is 1. The summed E-state index contributed by atoms with van der Waals surface area (Å²) in [5, 5.41) is 3.72. The van der Waals surface area contributed by atoms with Gasteiger partial charge in [0.15, 0.2) is 0 Å². The van der Waals surface area contributed by atoms with Gasteiger partial charge in [0.1, 0.15) is 0 Å². The molecule has 1 aromatic rings. The smallest absolute Gasteiger partial charge is 0.335 e. The topological polar surface area (TPSA) is 67.6 Å². The zero-order chi connectivity index (χ0) is 12.1. The highest BCUT2D eigenvalue weighted by molar-refractivity contribution is 5.89. The first-order valence-electron chi connectivity index (χ1n) is 4.93. The van der Waals surface area contributed by atoms with Crippen molar-refractivity contribution in [1.82, 2.24) is 5.01 Å². The highest BCUT2D eigenvalue weighted by atomic mass is 16.5. The summed E-state index contributed by atoms with van der Waals surface area (Å²) in [6, 6.07) is 5.31. The van der Waals surface area contributed by atoms with Gasteiger partial charge in [0, 0.05) is 25.4 Å². The van der Waals surface area contributed by atoms with E-state index in [-0.39, 0.29) is 6.03 Å². The van der Waals surface area contributed by atoms with Gasteiger partial charge < -0.3 is 10.1 Å². The van der Waals surface area contributed by atoms with Gasteiger partial charge in [-0.1, -0.05) is 12.1 Å². The number of urea groups is 1. The maximum Gasteiger partial charge on any atom is 0.335 e. The summed E-state index contributed by atoms with van der Waals surface area (Å²) >= 11 is 0. The van der Waals surface area contributed by atoms with E-state index in [1.165, 1.54) is 7.05 Å². The second-order valence-electron chi connectivity index (χ2n) is 3.58. The van der Waals surface area contributed by atoms with Crippen molar-refractivity contribution in [3.8, 4) is 0 Å². The molecule has 0 radical (unpaired) electrons. The molecule has 0 aliphatic rings. The summed E-state index contributed by atoms with van der Waals surface area (Å²) in [5.74, 6) is 5.34. The molecular weight excluding hydrogens is 206 g/mol. The summed E-state index contributed by atoms with van der Waals surface area (Å²) < 4.78 is 5.10. The van der Waals surface area contributed by atoms with E-state index in [0.29, 0.717) is 6.61 Å². The largest absolute Gasteiger partial charge is 0.380 e. The number of nitrogens with one attached hydrogen (secondary N) is 1. The second-order valence-corrected chi connectivity index (χ2v) is 3.58. The number of rotatable bonds is 3. The predicted molar refractivity (Wildman–Crippen MR) is 62.9 cm³/mol. The lowest BCUT2D eigenvalue weighted by molar-refractivity contribution is 0.184. The fourth-order valence-electron chi connectivity index (χ4n) is 1.36. The van der Waals surface area contributed by atoms with Crippen molar-refractivity contribution >= 4 is 11.7 Å². The van der Waals surface area contributed by atoms with Crippen LogP contribution in [0.1, 0.15) is 11.1 Å². The number of carbonyl (C=O) groups excluding carboxylic acids is 1. The lowest BCUT2D eigenvalue weighted by Crippen LogP contribution is -2.37. The highest BCUT2D eigenvalue weighted by Crippen LogP contribution is 2.20. The standard InChI is InChI=1S/C11H17N3O2/c1-8-5-4-6-10(9(8)7-16-3)13-11(15)14(2)12/h4-6H,7,12H2,1-3H3,(H,13,15). The van der Waals surface area contributed by atoms with Gasteiger partial charge >= 0.3 is 6.03 Å². The fourth-order valence-corrected chi connectivity index (χ4v) is 1.36. The average molecular weight is 223 g/mol. The van der Waals surface area contributed by atoms with Gasteiger partial charge in [-0.25, -0.2) is 10.6 Å². The minimum Gasteiger partial charge on any atom is -0.380 e. The minimum absolute atomic E-state index is 0.358. The molecule has 0 heterocycles. The lowest BCUT2D eigenvalue weighted by atomic mass is 10.1. The lowest BCUT2D eigenvalue weighted by Gasteiger charge is -2.15. The molecule has 0 saturated heterocycles. The van der Waals surface area contributed by atoms with Crippen LogP contribution in [0.25, 0.3) is 0 Å². The Morgan fingerprint density at radius 1 is 1.56 bits per heavy atom. The zero-order valence-corrected chi connectivity index (χ0v) is 9.78. The van der Waals surface area contributed by atoms with E-state index in [1.807, 2.05) is 25.1 Å². The molecule has 0 aliphatic heterocycles. The number of methoxy groups -OCH3 is 1. The molecule has 5 nitrogen and oxygen atoms in total. The molecule has 0 bridgehead atoms. The van der Waals surface area contributed by atoms with Crippen molar-refractivity contribution in [3.63, 3.8) is 0 Å². The van der Waals surface area contributed by atoms with Crippen molar-refractivity contribution in [2.45, 2.75) is 13.5 Å². The Hall–Kier alpha value is -1.59. The predicted octanol–water partition coefficient (Wildman–Crippen LogP) is 1.48. The van der Waals surface area contributed by atoms with Gasteiger partial charge in [-0.15, -0.1) is 0 Å². The molecule has 0 spiro atoms. The van der Waals surface area contributed by atoms with Crippen molar-refractivity contribution in [2.24, 2.45) is 5.84 Å². The quantitative estimate of drug-likeness (QED) is 0.463. The normalized spacial score (nSPS) is 10.0. The molecule has 2 amide bonds. The number of anilines is 1. The van der Waals surface area contributed by atoms with Crippen molar-refractivity contribution in [2.75, 3.05) is 19.5 Å². The van der Waals surface area contributed by atoms with Crippen LogP contribution in [-0.4, -0.2) is 25.2 Å². The second kappa shape index (κ2) is 5.48. The first kappa shape index (κ1) is 12.5. The van der Waals surface area contributed by atoms with E-state index < -0.39 is 0 Å². The van der Waals surface area contributed by atoms with Crippen LogP contribution in [-0.2, 0) is 11.3 Å². The van der Waals surface area contributed by atoms with E-state index in [4.69, 9.17) is 10.6 Å². The van der Waals surface area contributed by atoms with Crippen molar-refractivity contribution < 1.29 is 9.53 Å². The number of amides is 2. The number of hydrogen-bond acceptors (Lipinski definition) is 3. The van der Waals surface area contributed by atoms with Crippen LogP contribution < -0.4 is 11.2 Å². The zero-order valence-electron chi connectivity index (χ0n) is 9.78. The molecule has 0 atom stereocenters. The molecule has 1 rings (SSSR count). The number of nitrogens with two attached hydrogens (primary N) is 1. The Labute approximate surface area is 95.2 Å². The Bertz CT molecular complexity index is 377. The first-order valence-corrected chi connectivity index (χ1v) is 4.93. The summed E-state index contributed by atoms with van der Waals surface area (Å²) in [6.45, 7) is 2.42. The van der Waals surface area contributed by atoms with Gasteiger partial charge in [-0.05, 0) is 18.6 Å². The molecular formula is C11H17N3O2. The third-order valence-corrected chi connectivity index (χ3v) is 2.26. The molecule has 3 N–H and O–H groups in total. The SMILES string of the molecule is COCc1c(C)cccc1NC(=O)N(C)N. The number of aryl methyl sites for hydroxylation is 1. The number of carbonyl (C=O) groups is 1. The molecule has 0 fully saturated rings. The van der Waals surface area contributed by atoms with Crippen LogP contribution in [0.15, 0.2) is 18.2 Å². The number of nitrogens with zero attached hydrogens (tertiary/aromatic N) is 1. The van der Waals surface area contributed by atoms with E-state index in [0.717, 1.165) is 21.8 Å². The molecule has 0 unspecified atom stereocenters. The monoisotopic (exact) mass is 223 g/mol. The molecule has 88 valence electrons. The van der Waals surface area contributed by atoms with Gasteiger partial charge in [0.25, 0.3) is 0 Å². The maximum absolute atomic E-state index is 11.4. The first-order chi connectivity index (χ1) is 7.56. The van der Waals surface area contributed by atoms with Crippen LogP contribution in [0.4, 0.5) is 10.5 Å². The highest BCUT2D eigenvalue weighted by Gasteiger charge is 2.09. The van der Waals surface area contributed by atoms with E-state index in [9.17, 15) is 4.79 Å². The van der Waals surface area contributed by atoms with Crippen LogP contribution in [0, 0.1) is 6.92 Å². The third kappa shape index (κ3) is 2.95. The molecule has 16 heavy (non-hydrogen) atoms. The summed E-state index contributed by atoms with van der Waals surface area (Å²) in [6.07, 6.45) is 0. The molecule has 1 aromatic carbocycles. The van der Waals surface area contributed by atoms with Crippen LogP contribution >= 0.6 is 0 Å². The minimum atomic E-state index is -0.358. The maximum atomic E-state index is 11.4. The number of ether oxygens (including phenoxy) is 1. The van der Waals surface area contributed by atoms with Crippen molar-refractivity contribution in [1.29, 1.82) is 0 Å². The van der Waals surface area contributed by atoms with Crippen LogP contribution in [0.2, 0.25) is 0 Å². The summed E-state index contributed by atoms with van der Waals surface area (Å²) in [5.41, 5.74) is 2.75. The molecule has 0 aromatic heterocycles. The van der Waals surface area contributed by atoms with E-state index in [2.05, 4.69) is 5.32 Å². The summed E-state index contributed by atoms with van der Waals surface area (Å²) in [7, 11) is 3.11. The van der Waals surface area contributed by atoms with Crippen molar-refractivity contribution in [3.05, 3.63) is 29.3 Å². The Morgan fingerprint density at radius 3 is 2.81 bits per heavy atom. The fraction of sp³-hybridized carbons (Fsp3) is 0.364. The van der Waals surface area contributed by atoms with Crippen LogP contribution in [0.3, 0.4) is 0 Å². The summed E-state index contributed by atoms with van der Waals surface area (Å²) in [4.78, 5) is 11.4.